The van der Waals surface area contributed by atoms with E-state index in [1.54, 1.807) is 18.6 Å². The average molecular weight is 262 g/mol. The molecule has 0 saturated carbocycles. The minimum absolute atomic E-state index is 0.149. The van der Waals surface area contributed by atoms with E-state index in [-0.39, 0.29) is 5.91 Å². The molecular formula is C13H14N2O2S. The van der Waals surface area contributed by atoms with Gasteiger partial charge in [0.05, 0.1) is 12.0 Å². The van der Waals surface area contributed by atoms with Gasteiger partial charge in [-0.15, -0.1) is 11.3 Å². The zero-order chi connectivity index (χ0) is 13.0. The number of para-hydroxylation sites is 1. The van der Waals surface area contributed by atoms with E-state index in [1.807, 2.05) is 24.3 Å². The lowest BCUT2D eigenvalue weighted by molar-refractivity contribution is 0.103. The summed E-state index contributed by atoms with van der Waals surface area (Å²) in [5, 5.41) is 4.65. The molecule has 0 unspecified atom stereocenters. The molecule has 0 aliphatic rings. The van der Waals surface area contributed by atoms with Crippen LogP contribution in [-0.2, 0) is 6.54 Å². The molecule has 0 saturated heterocycles. The normalized spacial score (nSPS) is 10.1. The van der Waals surface area contributed by atoms with Crippen LogP contribution in [0.5, 0.6) is 5.75 Å². The van der Waals surface area contributed by atoms with E-state index in [0.29, 0.717) is 17.2 Å². The van der Waals surface area contributed by atoms with Crippen molar-refractivity contribution in [1.29, 1.82) is 0 Å². The number of methoxy groups -OCH3 is 1. The van der Waals surface area contributed by atoms with Crippen molar-refractivity contribution < 1.29 is 9.53 Å². The Labute approximate surface area is 109 Å². The number of anilines is 1. The number of carbonyl (C=O) groups excluding carboxylic acids is 1. The predicted octanol–water partition coefficient (Wildman–Crippen LogP) is 2.47. The molecule has 2 rings (SSSR count). The number of nitrogens with two attached hydrogens (primary N) is 1. The number of nitrogens with one attached hydrogen (secondary N) is 1. The Bertz CT molecular complexity index is 551. The lowest BCUT2D eigenvalue weighted by atomic mass is 10.2. The summed E-state index contributed by atoms with van der Waals surface area (Å²) in [6.07, 6.45) is 0. The second-order valence-electron chi connectivity index (χ2n) is 3.67. The Kier molecular flexibility index (Phi) is 3.96. The van der Waals surface area contributed by atoms with Crippen LogP contribution in [0.2, 0.25) is 0 Å². The summed E-state index contributed by atoms with van der Waals surface area (Å²) in [6.45, 7) is 0.393. The van der Waals surface area contributed by atoms with Gasteiger partial charge in [0.2, 0.25) is 0 Å². The fraction of sp³-hybridized carbons (Fsp3) is 0.154. The van der Waals surface area contributed by atoms with Gasteiger partial charge in [-0.05, 0) is 11.6 Å². The van der Waals surface area contributed by atoms with Crippen LogP contribution in [-0.4, -0.2) is 13.0 Å². The van der Waals surface area contributed by atoms with E-state index in [9.17, 15) is 4.79 Å². The molecule has 0 radical (unpaired) electrons. The molecule has 1 amide bonds. The number of rotatable bonds is 4. The Morgan fingerprint density at radius 2 is 2.22 bits per heavy atom. The third kappa shape index (κ3) is 2.69. The van der Waals surface area contributed by atoms with Gasteiger partial charge in [0.15, 0.2) is 0 Å². The highest BCUT2D eigenvalue weighted by Gasteiger charge is 2.11. The average Bonchev–Trinajstić information content (AvgIpc) is 2.88. The van der Waals surface area contributed by atoms with Crippen molar-refractivity contribution in [3.8, 4) is 5.75 Å². The summed E-state index contributed by atoms with van der Waals surface area (Å²) in [4.78, 5) is 12.6. The molecule has 0 spiro atoms. The first-order valence-electron chi connectivity index (χ1n) is 5.46. The first kappa shape index (κ1) is 12.6. The van der Waals surface area contributed by atoms with Crippen molar-refractivity contribution in [2.24, 2.45) is 5.73 Å². The number of thiophene rings is 1. The molecule has 5 heteroatoms. The number of amides is 1. The maximum absolute atomic E-state index is 12.0. The van der Waals surface area contributed by atoms with Gasteiger partial charge in [-0.1, -0.05) is 18.2 Å². The van der Waals surface area contributed by atoms with Gasteiger partial charge in [0.25, 0.3) is 5.91 Å². The summed E-state index contributed by atoms with van der Waals surface area (Å²) in [7, 11) is 1.58. The third-order valence-corrected chi connectivity index (χ3v) is 3.43. The minimum atomic E-state index is -0.149. The summed E-state index contributed by atoms with van der Waals surface area (Å²) in [6, 6.07) is 9.20. The van der Waals surface area contributed by atoms with Gasteiger partial charge >= 0.3 is 0 Å². The van der Waals surface area contributed by atoms with E-state index in [0.717, 1.165) is 11.3 Å². The van der Waals surface area contributed by atoms with E-state index in [1.165, 1.54) is 11.3 Å². The smallest absolute Gasteiger partial charge is 0.265 e. The minimum Gasteiger partial charge on any atom is -0.496 e. The van der Waals surface area contributed by atoms with Gasteiger partial charge in [-0.3, -0.25) is 4.79 Å². The van der Waals surface area contributed by atoms with Crippen molar-refractivity contribution in [2.45, 2.75) is 6.54 Å². The van der Waals surface area contributed by atoms with E-state index in [4.69, 9.17) is 10.5 Å². The van der Waals surface area contributed by atoms with Gasteiger partial charge < -0.3 is 15.8 Å². The van der Waals surface area contributed by atoms with Crippen LogP contribution < -0.4 is 15.8 Å². The van der Waals surface area contributed by atoms with E-state index in [2.05, 4.69) is 5.32 Å². The first-order valence-corrected chi connectivity index (χ1v) is 6.34. The molecule has 1 aromatic carbocycles. The summed E-state index contributed by atoms with van der Waals surface area (Å²) >= 11 is 1.35. The molecular weight excluding hydrogens is 248 g/mol. The number of hydrogen-bond acceptors (Lipinski definition) is 4. The molecule has 1 aromatic heterocycles. The first-order chi connectivity index (χ1) is 8.74. The van der Waals surface area contributed by atoms with Crippen LogP contribution in [0.1, 0.15) is 15.2 Å². The molecule has 4 nitrogen and oxygen atoms in total. The van der Waals surface area contributed by atoms with Crippen molar-refractivity contribution >= 4 is 22.9 Å². The number of benzene rings is 1. The Morgan fingerprint density at radius 3 is 2.89 bits per heavy atom. The van der Waals surface area contributed by atoms with E-state index < -0.39 is 0 Å². The lowest BCUT2D eigenvalue weighted by Crippen LogP contribution is -2.12. The second kappa shape index (κ2) is 5.66. The molecule has 0 atom stereocenters. The zero-order valence-electron chi connectivity index (χ0n) is 9.97. The van der Waals surface area contributed by atoms with Gasteiger partial charge in [-0.25, -0.2) is 0 Å². The number of ether oxygens (including phenoxy) is 1. The standard InChI is InChI=1S/C13H14N2O2S/c1-17-10-6-12(18-8-10)13(16)15-11-5-3-2-4-9(11)7-14/h2-6,8H,7,14H2,1H3,(H,15,16). The maximum atomic E-state index is 12.0. The second-order valence-corrected chi connectivity index (χ2v) is 4.58. The topological polar surface area (TPSA) is 64.3 Å². The number of hydrogen-bond donors (Lipinski definition) is 2. The quantitative estimate of drug-likeness (QED) is 0.889. The lowest BCUT2D eigenvalue weighted by Gasteiger charge is -2.08. The Balaban J connectivity index is 2.16. The predicted molar refractivity (Wildman–Crippen MR) is 73.2 cm³/mol. The van der Waals surface area contributed by atoms with Crippen molar-refractivity contribution in [1.82, 2.24) is 0 Å². The van der Waals surface area contributed by atoms with Gasteiger partial charge in [0, 0.05) is 23.7 Å². The summed E-state index contributed by atoms with van der Waals surface area (Å²) in [5.74, 6) is 0.543. The molecule has 18 heavy (non-hydrogen) atoms. The molecule has 94 valence electrons. The van der Waals surface area contributed by atoms with Gasteiger partial charge in [0.1, 0.15) is 5.75 Å². The molecule has 2 aromatic rings. The monoisotopic (exact) mass is 262 g/mol. The fourth-order valence-corrected chi connectivity index (χ4v) is 2.30. The molecule has 1 heterocycles. The van der Waals surface area contributed by atoms with Gasteiger partial charge in [-0.2, -0.15) is 0 Å². The summed E-state index contributed by atoms with van der Waals surface area (Å²) < 4.78 is 5.05. The highest BCUT2D eigenvalue weighted by atomic mass is 32.1. The van der Waals surface area contributed by atoms with Crippen LogP contribution in [0.25, 0.3) is 0 Å². The highest BCUT2D eigenvalue weighted by Crippen LogP contribution is 2.23. The molecule has 3 N–H and O–H groups in total. The molecule has 0 aliphatic carbocycles. The van der Waals surface area contributed by atoms with Crippen LogP contribution in [0, 0.1) is 0 Å². The third-order valence-electron chi connectivity index (χ3n) is 2.52. The van der Waals surface area contributed by atoms with E-state index >= 15 is 0 Å². The van der Waals surface area contributed by atoms with Crippen molar-refractivity contribution in [2.75, 3.05) is 12.4 Å². The Hall–Kier alpha value is -1.85. The van der Waals surface area contributed by atoms with Crippen LogP contribution >= 0.6 is 11.3 Å². The summed E-state index contributed by atoms with van der Waals surface area (Å²) in [5.41, 5.74) is 7.28. The maximum Gasteiger partial charge on any atom is 0.265 e. The van der Waals surface area contributed by atoms with Crippen LogP contribution in [0.4, 0.5) is 5.69 Å². The SMILES string of the molecule is COc1csc(C(=O)Nc2ccccc2CN)c1. The van der Waals surface area contributed by atoms with Crippen molar-refractivity contribution in [3.05, 3.63) is 46.2 Å². The highest BCUT2D eigenvalue weighted by molar-refractivity contribution is 7.12. The van der Waals surface area contributed by atoms with Crippen LogP contribution in [0.15, 0.2) is 35.7 Å². The Morgan fingerprint density at radius 1 is 1.44 bits per heavy atom. The molecule has 0 bridgehead atoms. The fourth-order valence-electron chi connectivity index (χ4n) is 1.55. The van der Waals surface area contributed by atoms with Crippen molar-refractivity contribution in [3.63, 3.8) is 0 Å². The largest absolute Gasteiger partial charge is 0.496 e. The zero-order valence-corrected chi connectivity index (χ0v) is 10.8. The number of carbonyl (C=O) groups is 1. The van der Waals surface area contributed by atoms with Crippen LogP contribution in [0.3, 0.4) is 0 Å². The molecule has 0 aliphatic heterocycles. The molecule has 0 fully saturated rings.